The SMILES string of the molecule is CCCNc1cncc(Cc2nccn2CCC)n1. The molecular formula is C14H21N5. The molecule has 0 aliphatic rings. The Hall–Kier alpha value is -1.91. The molecule has 0 aliphatic heterocycles. The van der Waals surface area contributed by atoms with Gasteiger partial charge in [-0.2, -0.15) is 0 Å². The van der Waals surface area contributed by atoms with Crippen LogP contribution in [0, 0.1) is 0 Å². The fraction of sp³-hybridized carbons (Fsp3) is 0.500. The predicted octanol–water partition coefficient (Wildman–Crippen LogP) is 2.50. The molecule has 2 aromatic rings. The molecule has 2 rings (SSSR count). The number of aryl methyl sites for hydroxylation is 1. The monoisotopic (exact) mass is 259 g/mol. The highest BCUT2D eigenvalue weighted by Crippen LogP contribution is 2.08. The Bertz CT molecular complexity index is 506. The van der Waals surface area contributed by atoms with Crippen LogP contribution in [0.1, 0.15) is 38.2 Å². The average molecular weight is 259 g/mol. The zero-order valence-corrected chi connectivity index (χ0v) is 11.6. The van der Waals surface area contributed by atoms with E-state index >= 15 is 0 Å². The van der Waals surface area contributed by atoms with Crippen LogP contribution in [0.3, 0.4) is 0 Å². The molecule has 2 heterocycles. The minimum atomic E-state index is 0.724. The topological polar surface area (TPSA) is 55.6 Å². The van der Waals surface area contributed by atoms with Crippen molar-refractivity contribution in [3.63, 3.8) is 0 Å². The van der Waals surface area contributed by atoms with Crippen molar-refractivity contribution in [1.82, 2.24) is 19.5 Å². The van der Waals surface area contributed by atoms with Crippen LogP contribution in [0.5, 0.6) is 0 Å². The molecule has 0 aromatic carbocycles. The van der Waals surface area contributed by atoms with Gasteiger partial charge >= 0.3 is 0 Å². The molecule has 0 atom stereocenters. The second kappa shape index (κ2) is 6.87. The molecule has 19 heavy (non-hydrogen) atoms. The molecule has 0 bridgehead atoms. The predicted molar refractivity (Wildman–Crippen MR) is 76.1 cm³/mol. The van der Waals surface area contributed by atoms with Crippen molar-refractivity contribution >= 4 is 5.82 Å². The fourth-order valence-electron chi connectivity index (χ4n) is 1.94. The number of anilines is 1. The van der Waals surface area contributed by atoms with Crippen molar-refractivity contribution in [2.24, 2.45) is 0 Å². The number of rotatable bonds is 7. The Kier molecular flexibility index (Phi) is 4.89. The zero-order valence-electron chi connectivity index (χ0n) is 11.6. The standard InChI is InChI=1S/C14H21N5/c1-3-5-16-13-11-15-10-12(18-13)9-14-17-6-8-19(14)7-4-2/h6,8,10-11H,3-5,7,9H2,1-2H3,(H,16,18). The van der Waals surface area contributed by atoms with E-state index < -0.39 is 0 Å². The van der Waals surface area contributed by atoms with Crippen LogP contribution in [0.4, 0.5) is 5.82 Å². The maximum atomic E-state index is 4.56. The van der Waals surface area contributed by atoms with Crippen LogP contribution in [-0.2, 0) is 13.0 Å². The van der Waals surface area contributed by atoms with E-state index in [1.807, 2.05) is 18.6 Å². The van der Waals surface area contributed by atoms with E-state index in [0.29, 0.717) is 0 Å². The summed E-state index contributed by atoms with van der Waals surface area (Å²) in [6.45, 7) is 6.21. The van der Waals surface area contributed by atoms with Gasteiger partial charge in [0.15, 0.2) is 0 Å². The van der Waals surface area contributed by atoms with Gasteiger partial charge in [-0.25, -0.2) is 9.97 Å². The smallest absolute Gasteiger partial charge is 0.144 e. The summed E-state index contributed by atoms with van der Waals surface area (Å²) in [5.41, 5.74) is 0.949. The van der Waals surface area contributed by atoms with E-state index in [1.165, 1.54) is 0 Å². The third kappa shape index (κ3) is 3.77. The van der Waals surface area contributed by atoms with E-state index in [9.17, 15) is 0 Å². The molecule has 0 amide bonds. The Morgan fingerprint density at radius 2 is 2.11 bits per heavy atom. The second-order valence-electron chi connectivity index (χ2n) is 4.54. The van der Waals surface area contributed by atoms with Crippen molar-refractivity contribution in [1.29, 1.82) is 0 Å². The maximum absolute atomic E-state index is 4.56. The van der Waals surface area contributed by atoms with E-state index in [2.05, 4.69) is 38.7 Å². The summed E-state index contributed by atoms with van der Waals surface area (Å²) in [5, 5.41) is 3.25. The van der Waals surface area contributed by atoms with Gasteiger partial charge < -0.3 is 9.88 Å². The van der Waals surface area contributed by atoms with Gasteiger partial charge in [0.2, 0.25) is 0 Å². The Balaban J connectivity index is 2.07. The van der Waals surface area contributed by atoms with Gasteiger partial charge in [0.25, 0.3) is 0 Å². The quantitative estimate of drug-likeness (QED) is 0.830. The lowest BCUT2D eigenvalue weighted by molar-refractivity contribution is 0.644. The minimum Gasteiger partial charge on any atom is -0.369 e. The largest absolute Gasteiger partial charge is 0.369 e. The van der Waals surface area contributed by atoms with Crippen LogP contribution in [0.25, 0.3) is 0 Å². The van der Waals surface area contributed by atoms with Crippen LogP contribution >= 0.6 is 0 Å². The van der Waals surface area contributed by atoms with Crippen LogP contribution in [0.2, 0.25) is 0 Å². The van der Waals surface area contributed by atoms with Crippen molar-refractivity contribution in [2.75, 3.05) is 11.9 Å². The lowest BCUT2D eigenvalue weighted by Gasteiger charge is -2.07. The van der Waals surface area contributed by atoms with Crippen LogP contribution in [-0.4, -0.2) is 26.1 Å². The highest BCUT2D eigenvalue weighted by Gasteiger charge is 2.05. The second-order valence-corrected chi connectivity index (χ2v) is 4.54. The molecule has 5 heteroatoms. The molecule has 5 nitrogen and oxygen atoms in total. The average Bonchev–Trinajstić information content (AvgIpc) is 2.85. The first-order valence-electron chi connectivity index (χ1n) is 6.88. The van der Waals surface area contributed by atoms with Crippen molar-refractivity contribution in [3.8, 4) is 0 Å². The number of nitrogens with one attached hydrogen (secondary N) is 1. The number of imidazole rings is 1. The van der Waals surface area contributed by atoms with Gasteiger partial charge in [-0.1, -0.05) is 13.8 Å². The third-order valence-electron chi connectivity index (χ3n) is 2.85. The molecule has 0 unspecified atom stereocenters. The summed E-state index contributed by atoms with van der Waals surface area (Å²) >= 11 is 0. The van der Waals surface area contributed by atoms with Crippen molar-refractivity contribution in [2.45, 2.75) is 39.7 Å². The van der Waals surface area contributed by atoms with Crippen molar-refractivity contribution < 1.29 is 0 Å². The molecule has 0 aliphatic carbocycles. The third-order valence-corrected chi connectivity index (χ3v) is 2.85. The van der Waals surface area contributed by atoms with Gasteiger partial charge in [-0.15, -0.1) is 0 Å². The highest BCUT2D eigenvalue weighted by atomic mass is 15.1. The zero-order chi connectivity index (χ0) is 13.5. The molecule has 0 fully saturated rings. The number of hydrogen-bond donors (Lipinski definition) is 1. The first-order chi connectivity index (χ1) is 9.33. The molecule has 0 saturated heterocycles. The first-order valence-corrected chi connectivity index (χ1v) is 6.88. The van der Waals surface area contributed by atoms with E-state index in [-0.39, 0.29) is 0 Å². The summed E-state index contributed by atoms with van der Waals surface area (Å²) in [4.78, 5) is 13.2. The normalized spacial score (nSPS) is 10.6. The lowest BCUT2D eigenvalue weighted by atomic mass is 10.3. The van der Waals surface area contributed by atoms with Gasteiger partial charge in [0.05, 0.1) is 11.9 Å². The van der Waals surface area contributed by atoms with E-state index in [4.69, 9.17) is 0 Å². The summed E-state index contributed by atoms with van der Waals surface area (Å²) in [6, 6.07) is 0. The summed E-state index contributed by atoms with van der Waals surface area (Å²) in [6.07, 6.45) is 10.3. The molecule has 0 saturated carbocycles. The van der Waals surface area contributed by atoms with Gasteiger partial charge in [-0.3, -0.25) is 4.98 Å². The fourth-order valence-corrected chi connectivity index (χ4v) is 1.94. The summed E-state index contributed by atoms with van der Waals surface area (Å²) < 4.78 is 2.17. The molecule has 1 N–H and O–H groups in total. The van der Waals surface area contributed by atoms with Gasteiger partial charge in [0, 0.05) is 38.1 Å². The Morgan fingerprint density at radius 3 is 2.89 bits per heavy atom. The first kappa shape index (κ1) is 13.5. The summed E-state index contributed by atoms with van der Waals surface area (Å²) in [5.74, 6) is 1.89. The number of aromatic nitrogens is 4. The Labute approximate surface area is 114 Å². The molecule has 2 aromatic heterocycles. The van der Waals surface area contributed by atoms with E-state index in [1.54, 1.807) is 6.20 Å². The molecule has 0 radical (unpaired) electrons. The van der Waals surface area contributed by atoms with Crippen molar-refractivity contribution in [3.05, 3.63) is 36.3 Å². The molecule has 102 valence electrons. The Morgan fingerprint density at radius 1 is 1.21 bits per heavy atom. The molecular weight excluding hydrogens is 238 g/mol. The summed E-state index contributed by atoms with van der Waals surface area (Å²) in [7, 11) is 0. The van der Waals surface area contributed by atoms with Crippen LogP contribution in [0.15, 0.2) is 24.8 Å². The lowest BCUT2D eigenvalue weighted by Crippen LogP contribution is -2.07. The van der Waals surface area contributed by atoms with Crippen LogP contribution < -0.4 is 5.32 Å². The number of nitrogens with zero attached hydrogens (tertiary/aromatic N) is 4. The maximum Gasteiger partial charge on any atom is 0.144 e. The van der Waals surface area contributed by atoms with Gasteiger partial charge in [-0.05, 0) is 12.8 Å². The minimum absolute atomic E-state index is 0.724. The highest BCUT2D eigenvalue weighted by molar-refractivity contribution is 5.32. The molecule has 0 spiro atoms. The number of hydrogen-bond acceptors (Lipinski definition) is 4. The van der Waals surface area contributed by atoms with E-state index in [0.717, 1.165) is 49.7 Å². The van der Waals surface area contributed by atoms with Gasteiger partial charge in [0.1, 0.15) is 11.6 Å².